The summed E-state index contributed by atoms with van der Waals surface area (Å²) in [6, 6.07) is 8.29. The van der Waals surface area contributed by atoms with Crippen LogP contribution in [0.25, 0.3) is 0 Å². The predicted molar refractivity (Wildman–Crippen MR) is 79.9 cm³/mol. The number of carboxylic acids is 1. The van der Waals surface area contributed by atoms with Crippen molar-refractivity contribution in [2.75, 3.05) is 19.6 Å². The average Bonchev–Trinajstić information content (AvgIpc) is 2.47. The third-order valence-corrected chi connectivity index (χ3v) is 4.07. The van der Waals surface area contributed by atoms with Crippen molar-refractivity contribution >= 4 is 5.97 Å². The van der Waals surface area contributed by atoms with Crippen molar-refractivity contribution in [2.24, 2.45) is 0 Å². The Morgan fingerprint density at radius 2 is 2.15 bits per heavy atom. The van der Waals surface area contributed by atoms with Gasteiger partial charge in [-0.15, -0.1) is 0 Å². The van der Waals surface area contributed by atoms with Crippen LogP contribution in [-0.2, 0) is 11.2 Å². The van der Waals surface area contributed by atoms with Gasteiger partial charge in [0.25, 0.3) is 0 Å². The Balaban J connectivity index is 2.12. The normalized spacial score (nSPS) is 21.6. The first-order chi connectivity index (χ1) is 9.63. The van der Waals surface area contributed by atoms with E-state index in [1.165, 1.54) is 11.1 Å². The molecule has 1 heterocycles. The molecule has 2 N–H and O–H groups in total. The van der Waals surface area contributed by atoms with Gasteiger partial charge in [-0.2, -0.15) is 0 Å². The van der Waals surface area contributed by atoms with Gasteiger partial charge in [-0.25, -0.2) is 0 Å². The van der Waals surface area contributed by atoms with E-state index in [0.717, 1.165) is 25.9 Å². The minimum absolute atomic E-state index is 0.133. The number of carbonyl (C=O) groups is 1. The number of rotatable bonds is 5. The van der Waals surface area contributed by atoms with Gasteiger partial charge in [-0.3, -0.25) is 9.69 Å². The van der Waals surface area contributed by atoms with E-state index in [9.17, 15) is 9.90 Å². The lowest BCUT2D eigenvalue weighted by Gasteiger charge is -2.38. The maximum absolute atomic E-state index is 11.4. The number of nitrogens with zero attached hydrogens (tertiary/aromatic N) is 1. The zero-order chi connectivity index (χ0) is 14.5. The molecule has 4 nitrogen and oxygen atoms in total. The van der Waals surface area contributed by atoms with E-state index < -0.39 is 12.0 Å². The Bertz CT molecular complexity index is 444. The maximum Gasteiger partial charge on any atom is 0.322 e. The van der Waals surface area contributed by atoms with Gasteiger partial charge in [0.1, 0.15) is 6.04 Å². The van der Waals surface area contributed by atoms with E-state index in [4.69, 9.17) is 0 Å². The lowest BCUT2D eigenvalue weighted by molar-refractivity contribution is -0.145. The molecule has 1 aromatic carbocycles. The van der Waals surface area contributed by atoms with E-state index in [-0.39, 0.29) is 6.04 Å². The van der Waals surface area contributed by atoms with Crippen LogP contribution in [0.15, 0.2) is 24.3 Å². The van der Waals surface area contributed by atoms with Gasteiger partial charge in [-0.1, -0.05) is 37.6 Å². The van der Waals surface area contributed by atoms with Crippen LogP contribution in [0, 0.1) is 0 Å². The summed E-state index contributed by atoms with van der Waals surface area (Å²) in [5.41, 5.74) is 2.54. The molecular weight excluding hydrogens is 252 g/mol. The zero-order valence-corrected chi connectivity index (χ0v) is 12.3. The molecule has 0 spiro atoms. The van der Waals surface area contributed by atoms with E-state index in [0.29, 0.717) is 6.54 Å². The van der Waals surface area contributed by atoms with Crippen molar-refractivity contribution < 1.29 is 9.90 Å². The van der Waals surface area contributed by atoms with Gasteiger partial charge in [0, 0.05) is 25.7 Å². The fourth-order valence-electron chi connectivity index (χ4n) is 2.86. The van der Waals surface area contributed by atoms with Crippen molar-refractivity contribution in [1.29, 1.82) is 0 Å². The smallest absolute Gasteiger partial charge is 0.322 e. The van der Waals surface area contributed by atoms with Crippen LogP contribution >= 0.6 is 0 Å². The zero-order valence-electron chi connectivity index (χ0n) is 12.3. The Kier molecular flexibility index (Phi) is 5.15. The highest BCUT2D eigenvalue weighted by Crippen LogP contribution is 2.24. The van der Waals surface area contributed by atoms with Gasteiger partial charge >= 0.3 is 5.97 Å². The average molecular weight is 276 g/mol. The third kappa shape index (κ3) is 3.38. The van der Waals surface area contributed by atoms with Gasteiger partial charge < -0.3 is 10.4 Å². The molecule has 1 aliphatic heterocycles. The predicted octanol–water partition coefficient (Wildman–Crippen LogP) is 2.06. The number of hydrogen-bond donors (Lipinski definition) is 2. The molecule has 0 aromatic heterocycles. The minimum Gasteiger partial charge on any atom is -0.480 e. The summed E-state index contributed by atoms with van der Waals surface area (Å²) >= 11 is 0. The molecule has 1 aliphatic rings. The molecule has 0 radical (unpaired) electrons. The molecule has 0 aliphatic carbocycles. The van der Waals surface area contributed by atoms with Crippen LogP contribution in [-0.4, -0.2) is 41.7 Å². The topological polar surface area (TPSA) is 52.6 Å². The molecule has 20 heavy (non-hydrogen) atoms. The van der Waals surface area contributed by atoms with Crippen molar-refractivity contribution in [3.63, 3.8) is 0 Å². The van der Waals surface area contributed by atoms with Gasteiger partial charge in [0.05, 0.1) is 0 Å². The van der Waals surface area contributed by atoms with Crippen LogP contribution < -0.4 is 5.32 Å². The Hall–Kier alpha value is -1.39. The van der Waals surface area contributed by atoms with E-state index in [1.54, 1.807) is 0 Å². The number of benzene rings is 1. The number of aliphatic carboxylic acids is 1. The second-order valence-corrected chi connectivity index (χ2v) is 5.46. The number of aryl methyl sites for hydroxylation is 1. The van der Waals surface area contributed by atoms with E-state index in [1.807, 2.05) is 0 Å². The highest BCUT2D eigenvalue weighted by molar-refractivity contribution is 5.74. The standard InChI is InChI=1S/C16H24N2O2/c1-3-4-13-5-7-14(8-6-13)12(2)18-10-9-17-11-15(18)16(19)20/h5-8,12,15,17H,3-4,9-11H2,1-2H3,(H,19,20). The molecule has 0 saturated carbocycles. The molecule has 0 amide bonds. The molecule has 1 aromatic rings. The number of carboxylic acid groups (broad SMARTS) is 1. The Labute approximate surface area is 120 Å². The Morgan fingerprint density at radius 3 is 2.75 bits per heavy atom. The van der Waals surface area contributed by atoms with Crippen LogP contribution in [0.1, 0.15) is 37.4 Å². The monoisotopic (exact) mass is 276 g/mol. The van der Waals surface area contributed by atoms with Crippen LogP contribution in [0.2, 0.25) is 0 Å². The molecule has 110 valence electrons. The third-order valence-electron chi connectivity index (χ3n) is 4.07. The molecule has 2 rings (SSSR count). The molecule has 1 saturated heterocycles. The van der Waals surface area contributed by atoms with Crippen LogP contribution in [0.3, 0.4) is 0 Å². The maximum atomic E-state index is 11.4. The summed E-state index contributed by atoms with van der Waals surface area (Å²) in [6.45, 7) is 6.41. The second-order valence-electron chi connectivity index (χ2n) is 5.46. The summed E-state index contributed by atoms with van der Waals surface area (Å²) in [7, 11) is 0. The first kappa shape index (κ1) is 15.0. The van der Waals surface area contributed by atoms with Crippen LogP contribution in [0.4, 0.5) is 0 Å². The molecule has 4 heteroatoms. The second kappa shape index (κ2) is 6.86. The van der Waals surface area contributed by atoms with Crippen molar-refractivity contribution in [2.45, 2.75) is 38.8 Å². The van der Waals surface area contributed by atoms with Crippen molar-refractivity contribution in [3.05, 3.63) is 35.4 Å². The van der Waals surface area contributed by atoms with Crippen LogP contribution in [0.5, 0.6) is 0 Å². The SMILES string of the molecule is CCCc1ccc(C(C)N2CCNCC2C(=O)O)cc1. The van der Waals surface area contributed by atoms with Gasteiger partial charge in [0.2, 0.25) is 0 Å². The summed E-state index contributed by atoms with van der Waals surface area (Å²) in [5.74, 6) is -0.744. The summed E-state index contributed by atoms with van der Waals surface area (Å²) in [4.78, 5) is 13.4. The number of piperazine rings is 1. The lowest BCUT2D eigenvalue weighted by Crippen LogP contribution is -2.55. The summed E-state index contributed by atoms with van der Waals surface area (Å²) < 4.78 is 0. The summed E-state index contributed by atoms with van der Waals surface area (Å²) in [5, 5.41) is 12.5. The first-order valence-corrected chi connectivity index (χ1v) is 7.41. The molecule has 2 atom stereocenters. The highest BCUT2D eigenvalue weighted by atomic mass is 16.4. The highest BCUT2D eigenvalue weighted by Gasteiger charge is 2.31. The fraction of sp³-hybridized carbons (Fsp3) is 0.562. The lowest BCUT2D eigenvalue weighted by atomic mass is 10.0. The minimum atomic E-state index is -0.744. The van der Waals surface area contributed by atoms with Crippen molar-refractivity contribution in [3.8, 4) is 0 Å². The molecule has 0 bridgehead atoms. The number of hydrogen-bond acceptors (Lipinski definition) is 3. The van der Waals surface area contributed by atoms with Gasteiger partial charge in [0.15, 0.2) is 0 Å². The summed E-state index contributed by atoms with van der Waals surface area (Å²) in [6.07, 6.45) is 2.24. The largest absolute Gasteiger partial charge is 0.480 e. The molecular formula is C16H24N2O2. The molecule has 2 unspecified atom stereocenters. The number of nitrogens with one attached hydrogen (secondary N) is 1. The first-order valence-electron chi connectivity index (χ1n) is 7.41. The van der Waals surface area contributed by atoms with Crippen molar-refractivity contribution in [1.82, 2.24) is 10.2 Å². The van der Waals surface area contributed by atoms with Gasteiger partial charge in [-0.05, 0) is 24.5 Å². The Morgan fingerprint density at radius 1 is 1.45 bits per heavy atom. The fourth-order valence-corrected chi connectivity index (χ4v) is 2.86. The quantitative estimate of drug-likeness (QED) is 0.864. The van der Waals surface area contributed by atoms with E-state index in [2.05, 4.69) is 48.3 Å². The van der Waals surface area contributed by atoms with E-state index >= 15 is 0 Å². The molecule has 1 fully saturated rings.